The van der Waals surface area contributed by atoms with Gasteiger partial charge in [-0.3, -0.25) is 4.79 Å². The van der Waals surface area contributed by atoms with E-state index in [2.05, 4.69) is 67.7 Å². The Morgan fingerprint density at radius 3 is 2.03 bits per heavy atom. The molecule has 0 amide bonds. The van der Waals surface area contributed by atoms with Gasteiger partial charge in [-0.25, -0.2) is 0 Å². The zero-order valence-corrected chi connectivity index (χ0v) is 26.0. The van der Waals surface area contributed by atoms with Crippen LogP contribution in [0.1, 0.15) is 80.1 Å². The SMILES string of the molecule is COC(=O)CCCCC1CC2C(CO[Si](C)(C)C(C)(C)C)C(O[Si](C)(C)C(C)(C)C)CC2C1O. The van der Waals surface area contributed by atoms with Gasteiger partial charge in [-0.05, 0) is 79.7 Å². The maximum Gasteiger partial charge on any atom is 0.305 e. The van der Waals surface area contributed by atoms with E-state index >= 15 is 0 Å². The molecule has 0 heterocycles. The smallest absolute Gasteiger partial charge is 0.305 e. The second-order valence-corrected chi connectivity index (χ2v) is 23.6. The fraction of sp³-hybridized carbons (Fsp3) is 0.963. The van der Waals surface area contributed by atoms with Crippen LogP contribution in [0.2, 0.25) is 36.3 Å². The summed E-state index contributed by atoms with van der Waals surface area (Å²) >= 11 is 0. The number of hydrogen-bond donors (Lipinski definition) is 1. The van der Waals surface area contributed by atoms with Gasteiger partial charge in [-0.2, -0.15) is 0 Å². The maximum atomic E-state index is 11.4. The highest BCUT2D eigenvalue weighted by molar-refractivity contribution is 6.74. The van der Waals surface area contributed by atoms with Crippen LogP contribution in [0.4, 0.5) is 0 Å². The Morgan fingerprint density at radius 2 is 1.50 bits per heavy atom. The van der Waals surface area contributed by atoms with Crippen LogP contribution in [0.15, 0.2) is 0 Å². The molecule has 5 nitrogen and oxygen atoms in total. The van der Waals surface area contributed by atoms with Crippen LogP contribution in [0.25, 0.3) is 0 Å². The highest BCUT2D eigenvalue weighted by atomic mass is 28.4. The fourth-order valence-electron chi connectivity index (χ4n) is 5.30. The molecule has 0 aromatic carbocycles. The Kier molecular flexibility index (Phi) is 9.74. The molecule has 6 unspecified atom stereocenters. The number of aliphatic hydroxyl groups excluding tert-OH is 1. The monoisotopic (exact) mass is 514 g/mol. The zero-order chi connectivity index (χ0) is 26.1. The van der Waals surface area contributed by atoms with Gasteiger partial charge in [0.05, 0.1) is 19.3 Å². The number of fused-ring (bicyclic) bond motifs is 1. The Balaban J connectivity index is 2.13. The molecule has 0 aromatic heterocycles. The van der Waals surface area contributed by atoms with E-state index in [1.807, 2.05) is 0 Å². The molecule has 2 aliphatic carbocycles. The molecule has 7 heteroatoms. The van der Waals surface area contributed by atoms with Crippen LogP contribution in [-0.4, -0.2) is 53.6 Å². The van der Waals surface area contributed by atoms with Gasteiger partial charge in [0.15, 0.2) is 16.6 Å². The summed E-state index contributed by atoms with van der Waals surface area (Å²) in [6.07, 6.45) is 5.15. The summed E-state index contributed by atoms with van der Waals surface area (Å²) in [5.41, 5.74) is 0. The van der Waals surface area contributed by atoms with Gasteiger partial charge < -0.3 is 18.7 Å². The average molecular weight is 515 g/mol. The fourth-order valence-corrected chi connectivity index (χ4v) is 7.72. The molecule has 200 valence electrons. The second kappa shape index (κ2) is 11.0. The topological polar surface area (TPSA) is 65.0 Å². The van der Waals surface area contributed by atoms with Crippen LogP contribution in [0.3, 0.4) is 0 Å². The number of carbonyl (C=O) groups is 1. The molecular weight excluding hydrogens is 460 g/mol. The van der Waals surface area contributed by atoms with E-state index in [0.717, 1.165) is 38.7 Å². The molecule has 0 radical (unpaired) electrons. The van der Waals surface area contributed by atoms with E-state index in [9.17, 15) is 9.90 Å². The summed E-state index contributed by atoms with van der Waals surface area (Å²) in [6, 6.07) is 0. The minimum absolute atomic E-state index is 0.141. The molecule has 0 spiro atoms. The summed E-state index contributed by atoms with van der Waals surface area (Å²) in [7, 11) is -2.34. The van der Waals surface area contributed by atoms with Crippen LogP contribution in [0, 0.1) is 23.7 Å². The first kappa shape index (κ1) is 30.0. The van der Waals surface area contributed by atoms with Crippen molar-refractivity contribution in [2.24, 2.45) is 23.7 Å². The average Bonchev–Trinajstić information content (AvgIpc) is 3.17. The predicted molar refractivity (Wildman–Crippen MR) is 145 cm³/mol. The van der Waals surface area contributed by atoms with Crippen molar-refractivity contribution in [3.05, 3.63) is 0 Å². The summed E-state index contributed by atoms with van der Waals surface area (Å²) in [5, 5.41) is 11.6. The highest BCUT2D eigenvalue weighted by Crippen LogP contribution is 2.54. The van der Waals surface area contributed by atoms with Crippen molar-refractivity contribution in [1.82, 2.24) is 0 Å². The van der Waals surface area contributed by atoms with Gasteiger partial charge >= 0.3 is 5.97 Å². The van der Waals surface area contributed by atoms with Crippen LogP contribution in [-0.2, 0) is 18.4 Å². The van der Waals surface area contributed by atoms with Crippen LogP contribution in [0.5, 0.6) is 0 Å². The molecule has 2 rings (SSSR count). The molecule has 6 atom stereocenters. The van der Waals surface area contributed by atoms with Crippen LogP contribution < -0.4 is 0 Å². The van der Waals surface area contributed by atoms with Gasteiger partial charge in [0.2, 0.25) is 0 Å². The van der Waals surface area contributed by atoms with Crippen molar-refractivity contribution in [3.8, 4) is 0 Å². The van der Waals surface area contributed by atoms with Crippen LogP contribution >= 0.6 is 0 Å². The lowest BCUT2D eigenvalue weighted by Crippen LogP contribution is -2.47. The first-order valence-corrected chi connectivity index (χ1v) is 19.3. The number of hydrogen-bond acceptors (Lipinski definition) is 5. The summed E-state index contributed by atoms with van der Waals surface area (Å²) in [4.78, 5) is 11.4. The van der Waals surface area contributed by atoms with Gasteiger partial charge in [0.25, 0.3) is 0 Å². The molecule has 0 bridgehead atoms. The third-order valence-corrected chi connectivity index (χ3v) is 18.7. The Morgan fingerprint density at radius 1 is 0.912 bits per heavy atom. The number of carbonyl (C=O) groups excluding carboxylic acids is 1. The molecule has 2 aliphatic rings. The van der Waals surface area contributed by atoms with E-state index < -0.39 is 16.6 Å². The Hall–Kier alpha value is -0.216. The minimum Gasteiger partial charge on any atom is -0.469 e. The largest absolute Gasteiger partial charge is 0.469 e. The lowest BCUT2D eigenvalue weighted by Gasteiger charge is -2.42. The number of rotatable bonds is 10. The molecule has 34 heavy (non-hydrogen) atoms. The maximum absolute atomic E-state index is 11.4. The Bertz CT molecular complexity index is 679. The Labute approximate surface area is 212 Å². The van der Waals surface area contributed by atoms with E-state index in [1.165, 1.54) is 7.11 Å². The van der Waals surface area contributed by atoms with Crippen molar-refractivity contribution < 1.29 is 23.5 Å². The number of aliphatic hydroxyl groups is 1. The van der Waals surface area contributed by atoms with Crippen molar-refractivity contribution >= 4 is 22.6 Å². The molecule has 0 saturated heterocycles. The van der Waals surface area contributed by atoms with E-state index in [4.69, 9.17) is 13.6 Å². The second-order valence-electron chi connectivity index (χ2n) is 14.0. The summed E-state index contributed by atoms with van der Waals surface area (Å²) in [6.45, 7) is 23.9. The number of methoxy groups -OCH3 is 1. The van der Waals surface area contributed by atoms with Crippen molar-refractivity contribution in [1.29, 1.82) is 0 Å². The third-order valence-electron chi connectivity index (χ3n) is 9.71. The van der Waals surface area contributed by atoms with Gasteiger partial charge in [0, 0.05) is 18.9 Å². The number of unbranched alkanes of at least 4 members (excludes halogenated alkanes) is 1. The molecule has 0 aliphatic heterocycles. The molecule has 2 saturated carbocycles. The molecule has 0 aromatic rings. The first-order valence-electron chi connectivity index (χ1n) is 13.5. The molecule has 1 N–H and O–H groups in total. The third kappa shape index (κ3) is 6.96. The molecular formula is C27H54O5Si2. The number of ether oxygens (including phenoxy) is 1. The molecule has 2 fully saturated rings. The summed E-state index contributed by atoms with van der Waals surface area (Å²) in [5.74, 6) is 1.28. The standard InChI is InChI=1S/C27H54O5Si2/c1-26(2,3)33(8,9)31-18-22-20-16-19(14-12-13-15-24(28)30-7)25(29)21(20)17-23(22)32-34(10,11)27(4,5)6/h19-23,25,29H,12-18H2,1-11H3. The van der Waals surface area contributed by atoms with Gasteiger partial charge in [-0.1, -0.05) is 48.0 Å². The lowest BCUT2D eigenvalue weighted by molar-refractivity contribution is -0.140. The van der Waals surface area contributed by atoms with Crippen molar-refractivity contribution in [2.45, 2.75) is 129 Å². The van der Waals surface area contributed by atoms with Crippen molar-refractivity contribution in [3.63, 3.8) is 0 Å². The number of esters is 1. The summed E-state index contributed by atoms with van der Waals surface area (Å²) < 4.78 is 18.5. The lowest BCUT2D eigenvalue weighted by atomic mass is 9.90. The first-order chi connectivity index (χ1) is 15.4. The predicted octanol–water partition coefficient (Wildman–Crippen LogP) is 6.77. The highest BCUT2D eigenvalue weighted by Gasteiger charge is 2.55. The van der Waals surface area contributed by atoms with Gasteiger partial charge in [0.1, 0.15) is 0 Å². The van der Waals surface area contributed by atoms with Gasteiger partial charge in [-0.15, -0.1) is 0 Å². The van der Waals surface area contributed by atoms with E-state index in [0.29, 0.717) is 30.1 Å². The van der Waals surface area contributed by atoms with E-state index in [1.54, 1.807) is 0 Å². The quantitative estimate of drug-likeness (QED) is 0.198. The zero-order valence-electron chi connectivity index (χ0n) is 24.0. The van der Waals surface area contributed by atoms with E-state index in [-0.39, 0.29) is 28.3 Å². The normalized spacial score (nSPS) is 30.5. The van der Waals surface area contributed by atoms with Crippen molar-refractivity contribution in [2.75, 3.05) is 13.7 Å². The minimum atomic E-state index is -1.92.